The summed E-state index contributed by atoms with van der Waals surface area (Å²) < 4.78 is 0. The number of hydrogen-bond donors (Lipinski definition) is 1. The molecule has 0 spiro atoms. The van der Waals surface area contributed by atoms with Gasteiger partial charge in [0.15, 0.2) is 0 Å². The number of hydrogen-bond acceptors (Lipinski definition) is 1. The molecule has 0 saturated heterocycles. The smallest absolute Gasteiger partial charge is 0.0595 e. The molecule has 104 valence electrons. The molecular formula is C16H21Cl2N. The maximum absolute atomic E-state index is 6.10. The minimum atomic E-state index is 0.656. The van der Waals surface area contributed by atoms with Gasteiger partial charge in [0.05, 0.1) is 10.0 Å². The maximum Gasteiger partial charge on any atom is 0.0595 e. The molecule has 3 rings (SSSR count). The van der Waals surface area contributed by atoms with Crippen molar-refractivity contribution in [1.29, 1.82) is 0 Å². The van der Waals surface area contributed by atoms with Gasteiger partial charge in [0.1, 0.15) is 0 Å². The van der Waals surface area contributed by atoms with Gasteiger partial charge in [-0.2, -0.15) is 0 Å². The highest BCUT2D eigenvalue weighted by molar-refractivity contribution is 6.42. The zero-order valence-corrected chi connectivity index (χ0v) is 12.7. The molecule has 2 fully saturated rings. The lowest BCUT2D eigenvalue weighted by atomic mass is 9.89. The third kappa shape index (κ3) is 3.65. The van der Waals surface area contributed by atoms with E-state index in [1.807, 2.05) is 12.1 Å². The Labute approximate surface area is 125 Å². The Bertz CT molecular complexity index is 442. The van der Waals surface area contributed by atoms with Crippen LogP contribution in [0.4, 0.5) is 0 Å². The summed E-state index contributed by atoms with van der Waals surface area (Å²) in [7, 11) is 0. The van der Waals surface area contributed by atoms with Crippen molar-refractivity contribution in [2.24, 2.45) is 11.8 Å². The number of halogens is 2. The number of nitrogens with one attached hydrogen (secondary N) is 1. The second-order valence-electron chi connectivity index (χ2n) is 6.09. The van der Waals surface area contributed by atoms with Crippen molar-refractivity contribution in [1.82, 2.24) is 5.32 Å². The van der Waals surface area contributed by atoms with Crippen molar-refractivity contribution in [2.75, 3.05) is 6.54 Å². The van der Waals surface area contributed by atoms with Crippen molar-refractivity contribution >= 4 is 23.2 Å². The first-order valence-electron chi connectivity index (χ1n) is 7.39. The summed E-state index contributed by atoms with van der Waals surface area (Å²) in [6.45, 7) is 1.21. The SMILES string of the molecule is Clc1ccc(CC2CCCC2CNC2CC2)cc1Cl. The molecule has 2 atom stereocenters. The Kier molecular flexibility index (Phi) is 4.36. The van der Waals surface area contributed by atoms with Crippen LogP contribution in [-0.4, -0.2) is 12.6 Å². The largest absolute Gasteiger partial charge is 0.314 e. The quantitative estimate of drug-likeness (QED) is 0.830. The van der Waals surface area contributed by atoms with Crippen LogP contribution in [0.1, 0.15) is 37.7 Å². The molecule has 0 bridgehead atoms. The van der Waals surface area contributed by atoms with Crippen molar-refractivity contribution < 1.29 is 0 Å². The van der Waals surface area contributed by atoms with Gasteiger partial charge < -0.3 is 5.32 Å². The summed E-state index contributed by atoms with van der Waals surface area (Å²) in [5.74, 6) is 1.65. The van der Waals surface area contributed by atoms with Crippen molar-refractivity contribution in [2.45, 2.75) is 44.6 Å². The first-order valence-corrected chi connectivity index (χ1v) is 8.15. The Hall–Kier alpha value is -0.240. The number of benzene rings is 1. The Balaban J connectivity index is 1.58. The number of rotatable bonds is 5. The van der Waals surface area contributed by atoms with E-state index < -0.39 is 0 Å². The van der Waals surface area contributed by atoms with Crippen molar-refractivity contribution in [3.8, 4) is 0 Å². The molecule has 1 nitrogen and oxygen atoms in total. The van der Waals surface area contributed by atoms with E-state index in [-0.39, 0.29) is 0 Å². The predicted octanol–water partition coefficient (Wildman–Crippen LogP) is 4.70. The van der Waals surface area contributed by atoms with Crippen LogP contribution in [0.3, 0.4) is 0 Å². The van der Waals surface area contributed by atoms with E-state index in [1.54, 1.807) is 0 Å². The zero-order valence-electron chi connectivity index (χ0n) is 11.2. The zero-order chi connectivity index (χ0) is 13.2. The van der Waals surface area contributed by atoms with Gasteiger partial charge in [-0.25, -0.2) is 0 Å². The molecule has 2 unspecified atom stereocenters. The monoisotopic (exact) mass is 297 g/mol. The standard InChI is InChI=1S/C16H21Cl2N/c17-15-7-4-11(9-16(15)18)8-12-2-1-3-13(12)10-19-14-5-6-14/h4,7,9,12-14,19H,1-3,5-6,8,10H2. The van der Waals surface area contributed by atoms with Crippen LogP contribution in [-0.2, 0) is 6.42 Å². The Morgan fingerprint density at radius 1 is 1.00 bits per heavy atom. The average molecular weight is 298 g/mol. The summed E-state index contributed by atoms with van der Waals surface area (Å²) >= 11 is 12.1. The van der Waals surface area contributed by atoms with Gasteiger partial charge >= 0.3 is 0 Å². The van der Waals surface area contributed by atoms with Crippen LogP contribution in [0.2, 0.25) is 10.0 Å². The van der Waals surface area contributed by atoms with E-state index in [0.717, 1.165) is 24.3 Å². The highest BCUT2D eigenvalue weighted by Gasteiger charge is 2.29. The van der Waals surface area contributed by atoms with Gasteiger partial charge in [0.25, 0.3) is 0 Å². The van der Waals surface area contributed by atoms with Crippen molar-refractivity contribution in [3.63, 3.8) is 0 Å². The molecule has 2 saturated carbocycles. The fourth-order valence-electron chi connectivity index (χ4n) is 3.23. The molecule has 0 amide bonds. The normalized spacial score (nSPS) is 26.8. The Morgan fingerprint density at radius 2 is 1.79 bits per heavy atom. The summed E-state index contributed by atoms with van der Waals surface area (Å²) in [6, 6.07) is 6.91. The van der Waals surface area contributed by atoms with E-state index in [4.69, 9.17) is 23.2 Å². The molecule has 2 aliphatic carbocycles. The van der Waals surface area contributed by atoms with Crippen LogP contribution >= 0.6 is 23.2 Å². The summed E-state index contributed by atoms with van der Waals surface area (Å²) in [4.78, 5) is 0. The highest BCUT2D eigenvalue weighted by atomic mass is 35.5. The van der Waals surface area contributed by atoms with E-state index in [1.165, 1.54) is 44.2 Å². The van der Waals surface area contributed by atoms with Gasteiger partial charge in [0, 0.05) is 6.04 Å². The molecule has 3 heteroatoms. The van der Waals surface area contributed by atoms with Gasteiger partial charge in [-0.05, 0) is 68.2 Å². The third-order valence-corrected chi connectivity index (χ3v) is 5.28. The molecule has 1 aromatic carbocycles. The van der Waals surface area contributed by atoms with E-state index in [0.29, 0.717) is 10.0 Å². The highest BCUT2D eigenvalue weighted by Crippen LogP contribution is 2.35. The van der Waals surface area contributed by atoms with E-state index in [2.05, 4.69) is 11.4 Å². The fraction of sp³-hybridized carbons (Fsp3) is 0.625. The van der Waals surface area contributed by atoms with Crippen LogP contribution in [0.5, 0.6) is 0 Å². The molecular weight excluding hydrogens is 277 g/mol. The summed E-state index contributed by atoms with van der Waals surface area (Å²) in [6.07, 6.45) is 8.02. The van der Waals surface area contributed by atoms with Gasteiger partial charge in [-0.3, -0.25) is 0 Å². The van der Waals surface area contributed by atoms with Gasteiger partial charge in [0.2, 0.25) is 0 Å². The maximum atomic E-state index is 6.10. The molecule has 1 aromatic rings. The minimum Gasteiger partial charge on any atom is -0.314 e. The van der Waals surface area contributed by atoms with Crippen LogP contribution in [0.25, 0.3) is 0 Å². The summed E-state index contributed by atoms with van der Waals surface area (Å²) in [5, 5.41) is 5.03. The first kappa shape index (κ1) is 13.7. The average Bonchev–Trinajstić information content (AvgIpc) is 3.12. The van der Waals surface area contributed by atoms with Crippen LogP contribution in [0, 0.1) is 11.8 Å². The lowest BCUT2D eigenvalue weighted by Crippen LogP contribution is -2.27. The molecule has 1 N–H and O–H groups in total. The second kappa shape index (κ2) is 6.03. The van der Waals surface area contributed by atoms with Crippen LogP contribution < -0.4 is 5.32 Å². The molecule has 0 radical (unpaired) electrons. The third-order valence-electron chi connectivity index (χ3n) is 4.54. The Morgan fingerprint density at radius 3 is 2.53 bits per heavy atom. The van der Waals surface area contributed by atoms with Crippen molar-refractivity contribution in [3.05, 3.63) is 33.8 Å². The lowest BCUT2D eigenvalue weighted by molar-refractivity contribution is 0.364. The molecule has 0 aromatic heterocycles. The second-order valence-corrected chi connectivity index (χ2v) is 6.90. The minimum absolute atomic E-state index is 0.656. The van der Waals surface area contributed by atoms with Crippen LogP contribution in [0.15, 0.2) is 18.2 Å². The molecule has 0 heterocycles. The first-order chi connectivity index (χ1) is 9.22. The lowest BCUT2D eigenvalue weighted by Gasteiger charge is -2.20. The van der Waals surface area contributed by atoms with E-state index in [9.17, 15) is 0 Å². The van der Waals surface area contributed by atoms with Gasteiger partial charge in [-0.1, -0.05) is 35.7 Å². The fourth-order valence-corrected chi connectivity index (χ4v) is 3.55. The summed E-state index contributed by atoms with van der Waals surface area (Å²) in [5.41, 5.74) is 1.33. The molecule has 19 heavy (non-hydrogen) atoms. The topological polar surface area (TPSA) is 12.0 Å². The van der Waals surface area contributed by atoms with E-state index >= 15 is 0 Å². The van der Waals surface area contributed by atoms with Gasteiger partial charge in [-0.15, -0.1) is 0 Å². The molecule has 0 aliphatic heterocycles. The molecule has 2 aliphatic rings. The predicted molar refractivity (Wildman–Crippen MR) is 82.0 cm³/mol.